The van der Waals surface area contributed by atoms with Crippen molar-refractivity contribution in [3.63, 3.8) is 0 Å². The van der Waals surface area contributed by atoms with Crippen LogP contribution in [0.5, 0.6) is 0 Å². The van der Waals surface area contributed by atoms with E-state index >= 15 is 0 Å². The van der Waals surface area contributed by atoms with Crippen molar-refractivity contribution in [2.45, 2.75) is 0 Å². The Hall–Kier alpha value is -17.5. The van der Waals surface area contributed by atoms with Crippen LogP contribution in [0.2, 0.25) is 0 Å². The molecule has 0 aliphatic carbocycles. The van der Waals surface area contributed by atoms with Crippen LogP contribution in [0.15, 0.2) is 479 Å². The molecule has 0 bridgehead atoms. The molecule has 0 radical (unpaired) electrons. The van der Waals surface area contributed by atoms with Crippen LogP contribution < -0.4 is 0 Å². The lowest BCUT2D eigenvalue weighted by molar-refractivity contribution is 1.13. The largest absolute Gasteiger partial charge is 0.309 e. The molecule has 0 amide bonds. The third kappa shape index (κ3) is 12.7. The Morgan fingerprint density at radius 3 is 0.649 bits per heavy atom. The van der Waals surface area contributed by atoms with Gasteiger partial charge in [0.1, 0.15) is 0 Å². The van der Waals surface area contributed by atoms with E-state index in [-0.39, 0.29) is 0 Å². The van der Waals surface area contributed by atoms with Gasteiger partial charge in [-0.15, -0.1) is 0 Å². The van der Waals surface area contributed by atoms with Gasteiger partial charge in [-0.3, -0.25) is 0 Å². The minimum Gasteiger partial charge on any atom is -0.309 e. The van der Waals surface area contributed by atoms with E-state index in [2.05, 4.69) is 502 Å². The molecule has 7 aromatic heterocycles. The molecule has 0 aliphatic rings. The average molecular weight is 1670 g/mol. The number of aromatic nitrogens is 7. The zero-order chi connectivity index (χ0) is 86.1. The molecular weight excluding hydrogens is 1590 g/mol. The monoisotopic (exact) mass is 1670 g/mol. The predicted molar refractivity (Wildman–Crippen MR) is 548 cm³/mol. The highest BCUT2D eigenvalue weighted by Gasteiger charge is 2.24. The number of pyridine rings is 2. The Kier molecular flexibility index (Phi) is 17.5. The molecule has 0 N–H and O–H groups in total. The molecule has 0 unspecified atom stereocenters. The van der Waals surface area contributed by atoms with Crippen LogP contribution in [0, 0.1) is 0 Å². The summed E-state index contributed by atoms with van der Waals surface area (Å²) in [5.41, 5.74) is 38.4. The molecule has 0 saturated heterocycles. The van der Waals surface area contributed by atoms with Gasteiger partial charge in [0.15, 0.2) is 0 Å². The van der Waals surface area contributed by atoms with E-state index in [1.165, 1.54) is 92.9 Å². The lowest BCUT2D eigenvalue weighted by Gasteiger charge is -2.17. The first-order chi connectivity index (χ1) is 64.9. The number of hydrogen-bond acceptors (Lipinski definition) is 2. The van der Waals surface area contributed by atoms with E-state index < -0.39 is 0 Å². The zero-order valence-electron chi connectivity index (χ0n) is 71.2. The van der Waals surface area contributed by atoms with Gasteiger partial charge in [0.05, 0.1) is 77.9 Å². The Morgan fingerprint density at radius 2 is 0.321 bits per heavy atom. The van der Waals surface area contributed by atoms with E-state index in [4.69, 9.17) is 9.97 Å². The highest BCUT2D eigenvalue weighted by Crippen LogP contribution is 2.46. The second-order valence-electron chi connectivity index (χ2n) is 34.4. The van der Waals surface area contributed by atoms with Crippen molar-refractivity contribution in [1.82, 2.24) is 32.8 Å². The lowest BCUT2D eigenvalue weighted by Crippen LogP contribution is -2.00. The quantitative estimate of drug-likeness (QED) is 0.103. The van der Waals surface area contributed by atoms with Crippen molar-refractivity contribution < 1.29 is 0 Å². The van der Waals surface area contributed by atoms with Crippen LogP contribution in [0.1, 0.15) is 0 Å². The summed E-state index contributed by atoms with van der Waals surface area (Å²) >= 11 is 0. The van der Waals surface area contributed by atoms with E-state index in [0.29, 0.717) is 0 Å². The second kappa shape index (κ2) is 30.7. The van der Waals surface area contributed by atoms with Gasteiger partial charge in [-0.1, -0.05) is 303 Å². The van der Waals surface area contributed by atoms with Crippen molar-refractivity contribution in [3.05, 3.63) is 479 Å². The molecule has 7 heterocycles. The minimum absolute atomic E-state index is 0.897. The zero-order valence-corrected chi connectivity index (χ0v) is 71.2. The average Bonchev–Trinajstić information content (AvgIpc) is 1.53. The molecule has 0 atom stereocenters. The van der Waals surface area contributed by atoms with E-state index in [9.17, 15) is 0 Å². The first kappa shape index (κ1) is 74.9. The summed E-state index contributed by atoms with van der Waals surface area (Å²) in [5.74, 6) is 0. The standard InChI is InChI=1S/C124H79N7/c1-6-27-83(28-7-1)111-75-94(82-51-49-80(50-52-82)81-53-60-98(61-54-81)129-117-46-23-18-41-103(117)108-73-90(58-64-122(108)129)88-56-62-120-106(71-88)101-39-16-21-44-115(101)127(120)96-35-12-4-13-36-96)76-114(126-111)92-34-26-33-86(67-92)87-55-65-123-109(70-87)104-42-19-24-47-118(104)130(123)99-68-93(95-77-112(84-29-8-2-9-30-84)125-113(78-95)85-31-10-3-11-32-85)69-100(79-99)131-119-48-25-20-43-105(119)110-74-91(59-66-124(110)131)89-57-63-121-107(72-89)102-40-17-22-45-116(102)128(121)97-37-14-5-15-38-97/h1-79H. The highest BCUT2D eigenvalue weighted by molar-refractivity contribution is 6.16. The van der Waals surface area contributed by atoms with Gasteiger partial charge in [-0.25, -0.2) is 9.97 Å². The van der Waals surface area contributed by atoms with Crippen LogP contribution in [-0.2, 0) is 0 Å². The molecule has 7 heteroatoms. The van der Waals surface area contributed by atoms with Crippen LogP contribution in [0.3, 0.4) is 0 Å². The van der Waals surface area contributed by atoms with Gasteiger partial charge < -0.3 is 22.8 Å². The van der Waals surface area contributed by atoms with Gasteiger partial charge in [-0.05, 0) is 243 Å². The van der Waals surface area contributed by atoms with E-state index in [0.717, 1.165) is 156 Å². The normalized spacial score (nSPS) is 11.8. The molecule has 0 fully saturated rings. The molecule has 7 nitrogen and oxygen atoms in total. The maximum absolute atomic E-state index is 5.50. The number of benzene rings is 19. The fourth-order valence-electron chi connectivity index (χ4n) is 20.7. The van der Waals surface area contributed by atoms with Crippen LogP contribution >= 0.6 is 0 Å². The Bertz CT molecular complexity index is 8990. The summed E-state index contributed by atoms with van der Waals surface area (Å²) < 4.78 is 12.1. The summed E-state index contributed by atoms with van der Waals surface area (Å²) in [4.78, 5) is 10.9. The predicted octanol–water partition coefficient (Wildman–Crippen LogP) is 32.6. The van der Waals surface area contributed by atoms with E-state index in [1.807, 2.05) is 0 Å². The fourth-order valence-corrected chi connectivity index (χ4v) is 20.7. The van der Waals surface area contributed by atoms with Gasteiger partial charge in [-0.2, -0.15) is 0 Å². The molecule has 26 aromatic rings. The van der Waals surface area contributed by atoms with Crippen molar-refractivity contribution in [3.8, 4) is 140 Å². The summed E-state index contributed by atoms with van der Waals surface area (Å²) in [6.07, 6.45) is 0. The maximum atomic E-state index is 5.50. The van der Waals surface area contributed by atoms with Gasteiger partial charge in [0.2, 0.25) is 0 Å². The third-order valence-electron chi connectivity index (χ3n) is 26.8. The Morgan fingerprint density at radius 1 is 0.107 bits per heavy atom. The topological polar surface area (TPSA) is 50.4 Å². The second-order valence-corrected chi connectivity index (χ2v) is 34.4. The lowest BCUT2D eigenvalue weighted by atomic mass is 9.96. The third-order valence-corrected chi connectivity index (χ3v) is 26.8. The molecule has 610 valence electrons. The van der Waals surface area contributed by atoms with E-state index in [1.54, 1.807) is 0 Å². The van der Waals surface area contributed by atoms with Crippen molar-refractivity contribution >= 4 is 109 Å². The first-order valence-corrected chi connectivity index (χ1v) is 44.9. The number of para-hydroxylation sites is 7. The summed E-state index contributed by atoms with van der Waals surface area (Å²) in [7, 11) is 0. The van der Waals surface area contributed by atoms with Crippen molar-refractivity contribution in [2.24, 2.45) is 0 Å². The van der Waals surface area contributed by atoms with Crippen LogP contribution in [0.25, 0.3) is 249 Å². The molecule has 19 aromatic carbocycles. The number of fused-ring (bicyclic) bond motifs is 15. The number of hydrogen-bond donors (Lipinski definition) is 0. The van der Waals surface area contributed by atoms with Crippen LogP contribution in [0.4, 0.5) is 0 Å². The van der Waals surface area contributed by atoms with Gasteiger partial charge in [0, 0.05) is 105 Å². The molecule has 0 aliphatic heterocycles. The molecular formula is C124H79N7. The highest BCUT2D eigenvalue weighted by atomic mass is 15.0. The molecule has 0 saturated carbocycles. The van der Waals surface area contributed by atoms with Crippen molar-refractivity contribution in [2.75, 3.05) is 0 Å². The minimum atomic E-state index is 0.897. The maximum Gasteiger partial charge on any atom is 0.0715 e. The molecule has 131 heavy (non-hydrogen) atoms. The number of nitrogens with zero attached hydrogens (tertiary/aromatic N) is 7. The Labute approximate surface area is 756 Å². The number of rotatable bonds is 15. The first-order valence-electron chi connectivity index (χ1n) is 44.9. The molecule has 0 spiro atoms. The van der Waals surface area contributed by atoms with Gasteiger partial charge >= 0.3 is 0 Å². The van der Waals surface area contributed by atoms with Gasteiger partial charge in [0.25, 0.3) is 0 Å². The fraction of sp³-hybridized carbons (Fsp3) is 0. The summed E-state index contributed by atoms with van der Waals surface area (Å²) in [6.45, 7) is 0. The summed E-state index contributed by atoms with van der Waals surface area (Å²) in [5, 5.41) is 12.1. The SMILES string of the molecule is c1ccc(-c2cc(-c3cc(-n4c5ccccc5c5cc(-c6cccc(-c7cc(-c8ccc(-c9ccc(-n%10c%11ccccc%11c%11cc(-c%12ccc%13c(c%12)c%12ccccc%12n%13-c%12ccccc%12)ccc%11%10)cc9)cc8)cc(-c8ccccc8)n7)c6)ccc54)cc(-n4c5ccccc5c5cc(-c6ccc7c(c6)c6ccccc6n7-c6ccccc6)ccc54)c3)cc(-c3ccccc3)n2)cc1. The Balaban J connectivity index is 0.548. The van der Waals surface area contributed by atoms with Crippen LogP contribution in [-0.4, -0.2) is 32.8 Å². The summed E-state index contributed by atoms with van der Waals surface area (Å²) in [6, 6.07) is 175. The molecule has 26 rings (SSSR count). The smallest absolute Gasteiger partial charge is 0.0715 e. The van der Waals surface area contributed by atoms with Crippen molar-refractivity contribution in [1.29, 1.82) is 0 Å².